The second-order valence-electron chi connectivity index (χ2n) is 9.10. The zero-order chi connectivity index (χ0) is 23.3. The molecular formula is C25H28O6S. The summed E-state index contributed by atoms with van der Waals surface area (Å²) in [6.07, 6.45) is 0.353. The van der Waals surface area contributed by atoms with Gasteiger partial charge >= 0.3 is 5.97 Å². The van der Waals surface area contributed by atoms with Crippen molar-refractivity contribution in [3.8, 4) is 5.75 Å². The van der Waals surface area contributed by atoms with Crippen LogP contribution in [0.25, 0.3) is 5.57 Å². The number of sulfone groups is 1. The lowest BCUT2D eigenvalue weighted by Crippen LogP contribution is -2.37. The van der Waals surface area contributed by atoms with E-state index in [-0.39, 0.29) is 9.80 Å². The van der Waals surface area contributed by atoms with E-state index in [1.165, 1.54) is 7.11 Å². The quantitative estimate of drug-likeness (QED) is 0.641. The van der Waals surface area contributed by atoms with E-state index in [2.05, 4.69) is 0 Å². The van der Waals surface area contributed by atoms with Gasteiger partial charge in [-0.05, 0) is 75.4 Å². The van der Waals surface area contributed by atoms with Crippen molar-refractivity contribution in [3.63, 3.8) is 0 Å². The molecule has 0 saturated carbocycles. The number of rotatable bonds is 4. The van der Waals surface area contributed by atoms with Gasteiger partial charge in [0.15, 0.2) is 6.10 Å². The number of benzene rings is 2. The fourth-order valence-electron chi connectivity index (χ4n) is 4.30. The monoisotopic (exact) mass is 456 g/mol. The third-order valence-corrected chi connectivity index (χ3v) is 7.55. The lowest BCUT2D eigenvalue weighted by atomic mass is 9.91. The van der Waals surface area contributed by atoms with Crippen molar-refractivity contribution in [1.82, 2.24) is 0 Å². The van der Waals surface area contributed by atoms with Crippen LogP contribution in [0.15, 0.2) is 46.2 Å². The Morgan fingerprint density at radius 3 is 2.59 bits per heavy atom. The van der Waals surface area contributed by atoms with Gasteiger partial charge in [-0.25, -0.2) is 13.2 Å². The molecule has 1 atom stereocenters. The van der Waals surface area contributed by atoms with E-state index in [0.29, 0.717) is 23.3 Å². The minimum absolute atomic E-state index is 0.0692. The van der Waals surface area contributed by atoms with E-state index in [0.717, 1.165) is 29.7 Å². The molecule has 0 saturated heterocycles. The normalized spacial score (nSPS) is 17.9. The average molecular weight is 457 g/mol. The summed E-state index contributed by atoms with van der Waals surface area (Å²) in [5.41, 5.74) is 2.86. The molecule has 0 radical (unpaired) electrons. The van der Waals surface area contributed by atoms with E-state index in [4.69, 9.17) is 14.2 Å². The van der Waals surface area contributed by atoms with Crippen LogP contribution in [0.2, 0.25) is 0 Å². The highest BCUT2D eigenvalue weighted by Gasteiger charge is 2.46. The molecule has 4 rings (SSSR count). The molecule has 0 aromatic heterocycles. The molecule has 0 fully saturated rings. The fourth-order valence-corrected chi connectivity index (χ4v) is 6.25. The molecule has 7 heteroatoms. The van der Waals surface area contributed by atoms with E-state index in [1.807, 2.05) is 31.2 Å². The maximum absolute atomic E-state index is 13.8. The fraction of sp³-hybridized carbons (Fsp3) is 0.400. The zero-order valence-electron chi connectivity index (χ0n) is 19.0. The molecular weight excluding hydrogens is 428 g/mol. The molecule has 0 N–H and O–H groups in total. The lowest BCUT2D eigenvalue weighted by molar-refractivity contribution is -0.158. The molecule has 2 aliphatic rings. The van der Waals surface area contributed by atoms with E-state index < -0.39 is 27.5 Å². The third kappa shape index (κ3) is 3.84. The molecule has 32 heavy (non-hydrogen) atoms. The first-order valence-corrected chi connectivity index (χ1v) is 12.1. The Bertz CT molecular complexity index is 1220. The summed E-state index contributed by atoms with van der Waals surface area (Å²) in [5, 5.41) is 0. The van der Waals surface area contributed by atoms with Gasteiger partial charge < -0.3 is 14.2 Å². The molecule has 0 bridgehead atoms. The molecule has 0 spiro atoms. The number of hydrogen-bond acceptors (Lipinski definition) is 6. The molecule has 0 aliphatic carbocycles. The highest BCUT2D eigenvalue weighted by atomic mass is 32.2. The standard InChI is InChI=1S/C25H28O6S/c1-15-8-6-10-19-20(15)21(17-11-12-18-16(14-17)9-7-13-30-18)23(32(19,27)28)22(24(26)29-5)31-25(2,3)4/h6,8,10-12,14,22H,7,9,13H2,1-5H3. The molecule has 2 aromatic rings. The third-order valence-electron chi connectivity index (χ3n) is 5.63. The van der Waals surface area contributed by atoms with Gasteiger partial charge in [-0.3, -0.25) is 0 Å². The van der Waals surface area contributed by atoms with Gasteiger partial charge in [0.2, 0.25) is 9.84 Å². The van der Waals surface area contributed by atoms with Crippen molar-refractivity contribution >= 4 is 21.4 Å². The molecule has 170 valence electrons. The van der Waals surface area contributed by atoms with Gasteiger partial charge in [0.1, 0.15) is 5.75 Å². The topological polar surface area (TPSA) is 78.9 Å². The van der Waals surface area contributed by atoms with Crippen LogP contribution in [0.5, 0.6) is 5.75 Å². The van der Waals surface area contributed by atoms with Gasteiger partial charge in [0, 0.05) is 11.1 Å². The van der Waals surface area contributed by atoms with Crippen LogP contribution in [0.1, 0.15) is 49.4 Å². The Morgan fingerprint density at radius 1 is 1.16 bits per heavy atom. The molecule has 0 amide bonds. The van der Waals surface area contributed by atoms with Crippen molar-refractivity contribution in [2.75, 3.05) is 13.7 Å². The average Bonchev–Trinajstić information content (AvgIpc) is 2.98. The summed E-state index contributed by atoms with van der Waals surface area (Å²) in [7, 11) is -2.76. The Morgan fingerprint density at radius 2 is 1.91 bits per heavy atom. The number of carbonyl (C=O) groups is 1. The molecule has 2 heterocycles. The first-order valence-electron chi connectivity index (χ1n) is 10.7. The highest BCUT2D eigenvalue weighted by molar-refractivity contribution is 7.96. The van der Waals surface area contributed by atoms with Crippen molar-refractivity contribution in [1.29, 1.82) is 0 Å². The van der Waals surface area contributed by atoms with E-state index in [9.17, 15) is 13.2 Å². The first-order chi connectivity index (χ1) is 15.0. The molecule has 2 aliphatic heterocycles. The number of aryl methyl sites for hydroxylation is 2. The second-order valence-corrected chi connectivity index (χ2v) is 11.0. The number of ether oxygens (including phenoxy) is 3. The molecule has 1 unspecified atom stereocenters. The number of carbonyl (C=O) groups excluding carboxylic acids is 1. The molecule has 2 aromatic carbocycles. The van der Waals surface area contributed by atoms with Crippen molar-refractivity contribution in [3.05, 3.63) is 63.6 Å². The smallest absolute Gasteiger partial charge is 0.340 e. The summed E-state index contributed by atoms with van der Waals surface area (Å²) in [5.74, 6) is 0.0613. The summed E-state index contributed by atoms with van der Waals surface area (Å²) in [6.45, 7) is 7.87. The maximum Gasteiger partial charge on any atom is 0.340 e. The van der Waals surface area contributed by atoms with Crippen LogP contribution in [0, 0.1) is 6.92 Å². The minimum Gasteiger partial charge on any atom is -0.493 e. The van der Waals surface area contributed by atoms with Crippen molar-refractivity contribution in [2.24, 2.45) is 0 Å². The van der Waals surface area contributed by atoms with Crippen LogP contribution in [0.4, 0.5) is 0 Å². The van der Waals surface area contributed by atoms with Crippen molar-refractivity contribution in [2.45, 2.75) is 57.1 Å². The molecule has 6 nitrogen and oxygen atoms in total. The highest BCUT2D eigenvalue weighted by Crippen LogP contribution is 2.47. The summed E-state index contributed by atoms with van der Waals surface area (Å²) < 4.78 is 44.3. The van der Waals surface area contributed by atoms with Crippen molar-refractivity contribution < 1.29 is 27.4 Å². The second kappa shape index (κ2) is 8.05. The number of fused-ring (bicyclic) bond motifs is 2. The van der Waals surface area contributed by atoms with Crippen LogP contribution in [0.3, 0.4) is 0 Å². The Labute approximate surface area is 189 Å². The number of methoxy groups -OCH3 is 1. The lowest BCUT2D eigenvalue weighted by Gasteiger charge is -2.27. The van der Waals surface area contributed by atoms with Crippen LogP contribution in [-0.4, -0.2) is 39.8 Å². The predicted octanol–water partition coefficient (Wildman–Crippen LogP) is 4.22. The van der Waals surface area contributed by atoms with E-state index in [1.54, 1.807) is 32.9 Å². The van der Waals surface area contributed by atoms with Gasteiger partial charge in [0.25, 0.3) is 0 Å². The van der Waals surface area contributed by atoms with Gasteiger partial charge in [-0.15, -0.1) is 0 Å². The minimum atomic E-state index is -3.99. The van der Waals surface area contributed by atoms with Crippen LogP contribution < -0.4 is 4.74 Å². The predicted molar refractivity (Wildman–Crippen MR) is 121 cm³/mol. The number of esters is 1. The summed E-state index contributed by atoms with van der Waals surface area (Å²) in [6, 6.07) is 10.8. The maximum atomic E-state index is 13.8. The SMILES string of the molecule is COC(=O)C(OC(C)(C)C)C1=C(c2ccc3c(c2)CCCO3)c2c(C)cccc2S1(=O)=O. The number of hydrogen-bond donors (Lipinski definition) is 0. The Balaban J connectivity index is 2.04. The van der Waals surface area contributed by atoms with Gasteiger partial charge in [-0.2, -0.15) is 0 Å². The van der Waals surface area contributed by atoms with Gasteiger partial charge in [0.05, 0.1) is 29.1 Å². The van der Waals surface area contributed by atoms with Gasteiger partial charge in [-0.1, -0.05) is 18.2 Å². The summed E-state index contributed by atoms with van der Waals surface area (Å²) in [4.78, 5) is 13.0. The van der Waals surface area contributed by atoms with E-state index >= 15 is 0 Å². The van der Waals surface area contributed by atoms with Crippen LogP contribution in [-0.2, 0) is 30.5 Å². The Hall–Kier alpha value is -2.64. The summed E-state index contributed by atoms with van der Waals surface area (Å²) >= 11 is 0. The Kier molecular flexibility index (Phi) is 5.67. The zero-order valence-corrected chi connectivity index (χ0v) is 19.8. The largest absolute Gasteiger partial charge is 0.493 e. The van der Waals surface area contributed by atoms with Crippen LogP contribution >= 0.6 is 0 Å². The first kappa shape index (κ1) is 22.6.